The van der Waals surface area contributed by atoms with Crippen LogP contribution in [0.3, 0.4) is 0 Å². The molecule has 3 rings (SSSR count). The molecule has 182 valence electrons. The van der Waals surface area contributed by atoms with Crippen molar-refractivity contribution in [1.29, 1.82) is 0 Å². The van der Waals surface area contributed by atoms with Crippen molar-refractivity contribution in [3.8, 4) is 0 Å². The third kappa shape index (κ3) is 8.33. The Balaban J connectivity index is 0.00000385. The summed E-state index contributed by atoms with van der Waals surface area (Å²) in [4.78, 5) is 11.3. The average Bonchev–Trinajstić information content (AvgIpc) is 2.75. The van der Waals surface area contributed by atoms with Gasteiger partial charge in [0, 0.05) is 32.4 Å². The molecule has 6 nitrogen and oxygen atoms in total. The van der Waals surface area contributed by atoms with Gasteiger partial charge in [-0.1, -0.05) is 18.2 Å². The molecular weight excluding hydrogens is 546 g/mol. The number of pyridine rings is 1. The zero-order valence-corrected chi connectivity index (χ0v) is 21.4. The highest BCUT2D eigenvalue weighted by molar-refractivity contribution is 14.0. The van der Waals surface area contributed by atoms with Crippen LogP contribution < -0.4 is 15.5 Å². The molecule has 0 saturated carbocycles. The quantitative estimate of drug-likeness (QED) is 0.299. The Kier molecular flexibility index (Phi) is 10.2. The monoisotopic (exact) mass is 577 g/mol. The Bertz CT molecular complexity index is 898. The maximum atomic E-state index is 12.9. The van der Waals surface area contributed by atoms with Crippen LogP contribution in [0, 0.1) is 0 Å². The number of benzene rings is 1. The molecule has 10 heteroatoms. The number of halogens is 4. The molecule has 1 saturated heterocycles. The Morgan fingerprint density at radius 2 is 1.85 bits per heavy atom. The Hall–Kier alpha value is -2.08. The number of aromatic nitrogens is 1. The van der Waals surface area contributed by atoms with E-state index in [2.05, 4.69) is 39.4 Å². The van der Waals surface area contributed by atoms with Gasteiger partial charge in [0.1, 0.15) is 5.82 Å². The second kappa shape index (κ2) is 12.4. The van der Waals surface area contributed by atoms with Crippen LogP contribution in [0.2, 0.25) is 0 Å². The van der Waals surface area contributed by atoms with Gasteiger partial charge in [0.25, 0.3) is 0 Å². The first-order valence-corrected chi connectivity index (χ1v) is 10.8. The van der Waals surface area contributed by atoms with Crippen molar-refractivity contribution >= 4 is 35.8 Å². The molecule has 2 aromatic rings. The molecule has 0 spiro atoms. The predicted molar refractivity (Wildman–Crippen MR) is 135 cm³/mol. The van der Waals surface area contributed by atoms with Crippen molar-refractivity contribution in [2.45, 2.75) is 52.2 Å². The van der Waals surface area contributed by atoms with Crippen molar-refractivity contribution in [2.75, 3.05) is 24.5 Å². The van der Waals surface area contributed by atoms with E-state index in [0.717, 1.165) is 36.6 Å². The summed E-state index contributed by atoms with van der Waals surface area (Å²) in [5, 5.41) is 6.20. The summed E-state index contributed by atoms with van der Waals surface area (Å²) in [6.07, 6.45) is -2.23. The molecule has 0 amide bonds. The first-order chi connectivity index (χ1) is 15.2. The van der Waals surface area contributed by atoms with Crippen LogP contribution in [-0.2, 0) is 24.0 Å². The summed E-state index contributed by atoms with van der Waals surface area (Å²) in [5.41, 5.74) is 0.818. The molecule has 0 bridgehead atoms. The summed E-state index contributed by atoms with van der Waals surface area (Å²) in [5.74, 6) is 1.44. The molecule has 1 aromatic carbocycles. The van der Waals surface area contributed by atoms with Gasteiger partial charge in [0.2, 0.25) is 0 Å². The number of nitrogens with one attached hydrogen (secondary N) is 2. The summed E-state index contributed by atoms with van der Waals surface area (Å²) in [7, 11) is 0. The lowest BCUT2D eigenvalue weighted by molar-refractivity contribution is -0.137. The SMILES string of the molecule is CCNC(=NCc1ccc(N2CC(C)OC(C)C2)nc1)NCc1cccc(C(F)(F)F)c1.I. The molecule has 33 heavy (non-hydrogen) atoms. The average molecular weight is 577 g/mol. The number of nitrogens with zero attached hydrogens (tertiary/aromatic N) is 3. The van der Waals surface area contributed by atoms with E-state index in [9.17, 15) is 13.2 Å². The molecular formula is C23H31F3IN5O. The summed E-state index contributed by atoms with van der Waals surface area (Å²) in [6.45, 7) is 8.93. The highest BCUT2D eigenvalue weighted by Crippen LogP contribution is 2.29. The summed E-state index contributed by atoms with van der Waals surface area (Å²) >= 11 is 0. The molecule has 1 aliphatic heterocycles. The fourth-order valence-corrected chi connectivity index (χ4v) is 3.62. The van der Waals surface area contributed by atoms with Crippen molar-refractivity contribution < 1.29 is 17.9 Å². The highest BCUT2D eigenvalue weighted by atomic mass is 127. The first kappa shape index (κ1) is 27.2. The van der Waals surface area contributed by atoms with Crippen LogP contribution in [-0.4, -0.2) is 42.8 Å². The standard InChI is InChI=1S/C23H30F3N5O.HI/c1-4-27-22(29-11-18-6-5-7-20(10-18)23(24,25)26)30-13-19-8-9-21(28-12-19)31-14-16(2)32-17(3)15-31;/h5-10,12,16-17H,4,11,13-15H2,1-3H3,(H2,27,29,30);1H. The molecule has 1 fully saturated rings. The number of guanidine groups is 1. The number of hydrogen-bond acceptors (Lipinski definition) is 4. The van der Waals surface area contributed by atoms with Gasteiger partial charge in [-0.05, 0) is 50.1 Å². The van der Waals surface area contributed by atoms with E-state index in [-0.39, 0.29) is 42.7 Å². The number of rotatable bonds is 6. The Morgan fingerprint density at radius 3 is 2.45 bits per heavy atom. The zero-order valence-electron chi connectivity index (χ0n) is 19.0. The number of hydrogen-bond donors (Lipinski definition) is 2. The van der Waals surface area contributed by atoms with Gasteiger partial charge in [-0.2, -0.15) is 13.2 Å². The van der Waals surface area contributed by atoms with E-state index in [1.807, 2.05) is 19.1 Å². The van der Waals surface area contributed by atoms with Crippen LogP contribution in [0.15, 0.2) is 47.6 Å². The number of ether oxygens (including phenoxy) is 1. The van der Waals surface area contributed by atoms with E-state index in [1.54, 1.807) is 12.3 Å². The zero-order chi connectivity index (χ0) is 23.1. The number of morpholine rings is 1. The van der Waals surface area contributed by atoms with Gasteiger partial charge in [0.05, 0.1) is 24.3 Å². The molecule has 1 aliphatic rings. The smallest absolute Gasteiger partial charge is 0.372 e. The van der Waals surface area contributed by atoms with Crippen molar-refractivity contribution in [2.24, 2.45) is 4.99 Å². The Labute approximate surface area is 210 Å². The molecule has 2 N–H and O–H groups in total. The van der Waals surface area contributed by atoms with Crippen LogP contribution in [0.25, 0.3) is 0 Å². The normalized spacial score (nSPS) is 19.1. The van der Waals surface area contributed by atoms with Crippen LogP contribution in [0.5, 0.6) is 0 Å². The van der Waals surface area contributed by atoms with Gasteiger partial charge >= 0.3 is 6.18 Å². The number of aliphatic imine (C=N–C) groups is 1. The van der Waals surface area contributed by atoms with Crippen molar-refractivity contribution in [3.05, 3.63) is 59.3 Å². The van der Waals surface area contributed by atoms with Crippen LogP contribution in [0.4, 0.5) is 19.0 Å². The lowest BCUT2D eigenvalue weighted by Gasteiger charge is -2.36. The minimum atomic E-state index is -4.36. The van der Waals surface area contributed by atoms with E-state index in [1.165, 1.54) is 6.07 Å². The van der Waals surface area contributed by atoms with Gasteiger partial charge in [0.15, 0.2) is 5.96 Å². The summed E-state index contributed by atoms with van der Waals surface area (Å²) < 4.78 is 44.5. The van der Waals surface area contributed by atoms with Gasteiger partial charge in [-0.3, -0.25) is 0 Å². The number of anilines is 1. The van der Waals surface area contributed by atoms with E-state index >= 15 is 0 Å². The second-order valence-corrected chi connectivity index (χ2v) is 7.93. The second-order valence-electron chi connectivity index (χ2n) is 7.93. The van der Waals surface area contributed by atoms with Crippen LogP contribution >= 0.6 is 24.0 Å². The third-order valence-corrected chi connectivity index (χ3v) is 5.03. The molecule has 0 aliphatic carbocycles. The molecule has 2 heterocycles. The fraction of sp³-hybridized carbons (Fsp3) is 0.478. The van der Waals surface area contributed by atoms with Gasteiger partial charge < -0.3 is 20.3 Å². The molecule has 2 unspecified atom stereocenters. The van der Waals surface area contributed by atoms with Gasteiger partial charge in [-0.15, -0.1) is 24.0 Å². The lowest BCUT2D eigenvalue weighted by Crippen LogP contribution is -2.45. The predicted octanol–water partition coefficient (Wildman–Crippen LogP) is 4.59. The Morgan fingerprint density at radius 1 is 1.12 bits per heavy atom. The van der Waals surface area contributed by atoms with E-state index < -0.39 is 11.7 Å². The summed E-state index contributed by atoms with van der Waals surface area (Å²) in [6, 6.07) is 9.25. The molecule has 0 radical (unpaired) electrons. The fourth-order valence-electron chi connectivity index (χ4n) is 3.62. The minimum Gasteiger partial charge on any atom is -0.372 e. The third-order valence-electron chi connectivity index (χ3n) is 5.03. The highest BCUT2D eigenvalue weighted by Gasteiger charge is 2.30. The first-order valence-electron chi connectivity index (χ1n) is 10.8. The van der Waals surface area contributed by atoms with Crippen molar-refractivity contribution in [3.63, 3.8) is 0 Å². The van der Waals surface area contributed by atoms with Crippen LogP contribution in [0.1, 0.15) is 37.5 Å². The van der Waals surface area contributed by atoms with E-state index in [0.29, 0.717) is 24.6 Å². The minimum absolute atomic E-state index is 0. The lowest BCUT2D eigenvalue weighted by atomic mass is 10.1. The van der Waals surface area contributed by atoms with E-state index in [4.69, 9.17) is 4.74 Å². The van der Waals surface area contributed by atoms with Crippen molar-refractivity contribution in [1.82, 2.24) is 15.6 Å². The maximum Gasteiger partial charge on any atom is 0.416 e. The molecule has 1 aromatic heterocycles. The van der Waals surface area contributed by atoms with Gasteiger partial charge in [-0.25, -0.2) is 9.98 Å². The maximum absolute atomic E-state index is 12.9. The largest absolute Gasteiger partial charge is 0.416 e. The number of alkyl halides is 3. The topological polar surface area (TPSA) is 61.8 Å². The molecule has 2 atom stereocenters.